The van der Waals surface area contributed by atoms with Gasteiger partial charge in [-0.05, 0) is 38.0 Å². The van der Waals surface area contributed by atoms with Crippen molar-refractivity contribution in [3.63, 3.8) is 0 Å². The third-order valence-corrected chi connectivity index (χ3v) is 5.49. The first-order valence-electron chi connectivity index (χ1n) is 8.50. The van der Waals surface area contributed by atoms with Crippen LogP contribution < -0.4 is 5.32 Å². The molecule has 0 spiro atoms. The van der Waals surface area contributed by atoms with Crippen LogP contribution in [0.1, 0.15) is 66.7 Å². The zero-order valence-corrected chi connectivity index (χ0v) is 13.7. The predicted octanol–water partition coefficient (Wildman–Crippen LogP) is 3.66. The summed E-state index contributed by atoms with van der Waals surface area (Å²) in [7, 11) is 0. The number of hydrogen-bond acceptors (Lipinski definition) is 2. The molecule has 3 atom stereocenters. The van der Waals surface area contributed by atoms with E-state index in [1.807, 2.05) is 0 Å². The Morgan fingerprint density at radius 3 is 2.42 bits per heavy atom. The Labute approximate surface area is 120 Å². The van der Waals surface area contributed by atoms with E-state index >= 15 is 0 Å². The van der Waals surface area contributed by atoms with Crippen molar-refractivity contribution in [3.05, 3.63) is 0 Å². The molecule has 0 radical (unpaired) electrons. The highest BCUT2D eigenvalue weighted by Gasteiger charge is 2.39. The molecule has 1 saturated heterocycles. The molecule has 0 bridgehead atoms. The summed E-state index contributed by atoms with van der Waals surface area (Å²) in [6.07, 6.45) is 6.97. The van der Waals surface area contributed by atoms with Gasteiger partial charge in [0.25, 0.3) is 0 Å². The lowest BCUT2D eigenvalue weighted by atomic mass is 9.87. The summed E-state index contributed by atoms with van der Waals surface area (Å²) in [5.41, 5.74) is 0.322. The Kier molecular flexibility index (Phi) is 4.94. The topological polar surface area (TPSA) is 15.3 Å². The van der Waals surface area contributed by atoms with Gasteiger partial charge in [0.05, 0.1) is 0 Å². The summed E-state index contributed by atoms with van der Waals surface area (Å²) < 4.78 is 0. The van der Waals surface area contributed by atoms with Crippen LogP contribution in [0, 0.1) is 11.8 Å². The molecule has 2 fully saturated rings. The number of nitrogens with zero attached hydrogens (tertiary/aromatic N) is 1. The zero-order chi connectivity index (χ0) is 14.0. The number of nitrogens with one attached hydrogen (secondary N) is 1. The second-order valence-electron chi connectivity index (χ2n) is 7.52. The van der Waals surface area contributed by atoms with Crippen molar-refractivity contribution in [2.45, 2.75) is 84.3 Å². The van der Waals surface area contributed by atoms with Gasteiger partial charge in [0, 0.05) is 30.7 Å². The van der Waals surface area contributed by atoms with Crippen LogP contribution in [0.5, 0.6) is 0 Å². The van der Waals surface area contributed by atoms with E-state index in [0.29, 0.717) is 5.54 Å². The number of piperazine rings is 1. The lowest BCUT2D eigenvalue weighted by Gasteiger charge is -2.50. The SMILES string of the molecule is CCC(CC1CC1)N1CC(C)(CC)NCC1C(C)C. The number of hydrogen-bond donors (Lipinski definition) is 1. The molecule has 0 amide bonds. The van der Waals surface area contributed by atoms with Crippen molar-refractivity contribution in [3.8, 4) is 0 Å². The van der Waals surface area contributed by atoms with Crippen molar-refractivity contribution in [1.82, 2.24) is 10.2 Å². The first-order chi connectivity index (χ1) is 8.99. The van der Waals surface area contributed by atoms with Crippen molar-refractivity contribution in [2.75, 3.05) is 13.1 Å². The molecule has 19 heavy (non-hydrogen) atoms. The highest BCUT2D eigenvalue weighted by atomic mass is 15.3. The normalized spacial score (nSPS) is 34.7. The van der Waals surface area contributed by atoms with E-state index in [9.17, 15) is 0 Å². The molecule has 0 aromatic rings. The molecular formula is C17H34N2. The lowest BCUT2D eigenvalue weighted by molar-refractivity contribution is 0.0182. The summed E-state index contributed by atoms with van der Waals surface area (Å²) in [4.78, 5) is 2.86. The molecule has 2 heteroatoms. The summed E-state index contributed by atoms with van der Waals surface area (Å²) >= 11 is 0. The molecule has 2 rings (SSSR count). The predicted molar refractivity (Wildman–Crippen MR) is 83.5 cm³/mol. The van der Waals surface area contributed by atoms with Gasteiger partial charge < -0.3 is 5.32 Å². The van der Waals surface area contributed by atoms with Gasteiger partial charge in [-0.15, -0.1) is 0 Å². The Balaban J connectivity index is 2.08. The first kappa shape index (κ1) is 15.3. The van der Waals surface area contributed by atoms with E-state index < -0.39 is 0 Å². The molecule has 1 aliphatic carbocycles. The van der Waals surface area contributed by atoms with Crippen LogP contribution >= 0.6 is 0 Å². The van der Waals surface area contributed by atoms with Crippen LogP contribution in [0.2, 0.25) is 0 Å². The zero-order valence-electron chi connectivity index (χ0n) is 13.7. The quantitative estimate of drug-likeness (QED) is 0.789. The van der Waals surface area contributed by atoms with Gasteiger partial charge in [-0.1, -0.05) is 40.5 Å². The standard InChI is InChI=1S/C17H34N2/c1-6-15(10-14-8-9-14)19-12-17(5,7-2)18-11-16(19)13(3)4/h13-16,18H,6-12H2,1-5H3. The number of rotatable bonds is 6. The van der Waals surface area contributed by atoms with Crippen molar-refractivity contribution >= 4 is 0 Å². The van der Waals surface area contributed by atoms with Gasteiger partial charge in [-0.25, -0.2) is 0 Å². The highest BCUT2D eigenvalue weighted by molar-refractivity contribution is 4.98. The van der Waals surface area contributed by atoms with Crippen molar-refractivity contribution in [2.24, 2.45) is 11.8 Å². The lowest BCUT2D eigenvalue weighted by Crippen LogP contribution is -2.66. The molecule has 2 aliphatic rings. The fourth-order valence-corrected chi connectivity index (χ4v) is 3.57. The summed E-state index contributed by atoms with van der Waals surface area (Å²) in [6, 6.07) is 1.54. The highest BCUT2D eigenvalue weighted by Crippen LogP contribution is 2.37. The van der Waals surface area contributed by atoms with E-state index in [4.69, 9.17) is 0 Å². The van der Waals surface area contributed by atoms with E-state index in [1.54, 1.807) is 0 Å². The maximum atomic E-state index is 3.81. The molecule has 1 heterocycles. The summed E-state index contributed by atoms with van der Waals surface area (Å²) in [6.45, 7) is 14.3. The second-order valence-corrected chi connectivity index (χ2v) is 7.52. The molecular weight excluding hydrogens is 232 g/mol. The van der Waals surface area contributed by atoms with E-state index in [-0.39, 0.29) is 0 Å². The van der Waals surface area contributed by atoms with Crippen LogP contribution in [0.3, 0.4) is 0 Å². The first-order valence-corrected chi connectivity index (χ1v) is 8.50. The van der Waals surface area contributed by atoms with Crippen LogP contribution in [0.25, 0.3) is 0 Å². The minimum Gasteiger partial charge on any atom is -0.309 e. The molecule has 0 aromatic carbocycles. The van der Waals surface area contributed by atoms with Gasteiger partial charge in [0.1, 0.15) is 0 Å². The minimum absolute atomic E-state index is 0.322. The molecule has 1 aliphatic heterocycles. The maximum absolute atomic E-state index is 3.81. The Hall–Kier alpha value is -0.0800. The van der Waals surface area contributed by atoms with Crippen LogP contribution in [0.4, 0.5) is 0 Å². The second kappa shape index (κ2) is 6.13. The smallest absolute Gasteiger partial charge is 0.0278 e. The molecule has 1 saturated carbocycles. The van der Waals surface area contributed by atoms with Crippen LogP contribution in [-0.4, -0.2) is 35.6 Å². The van der Waals surface area contributed by atoms with Gasteiger partial charge in [-0.2, -0.15) is 0 Å². The molecule has 2 nitrogen and oxygen atoms in total. The fraction of sp³-hybridized carbons (Fsp3) is 1.00. The summed E-state index contributed by atoms with van der Waals surface area (Å²) in [5, 5.41) is 3.81. The van der Waals surface area contributed by atoms with Gasteiger partial charge in [0.15, 0.2) is 0 Å². The third kappa shape index (κ3) is 3.72. The van der Waals surface area contributed by atoms with E-state index in [2.05, 4.69) is 44.8 Å². The van der Waals surface area contributed by atoms with Crippen LogP contribution in [0.15, 0.2) is 0 Å². The Bertz CT molecular complexity index is 285. The Morgan fingerprint density at radius 1 is 1.26 bits per heavy atom. The average molecular weight is 266 g/mol. The van der Waals surface area contributed by atoms with Gasteiger partial charge in [0.2, 0.25) is 0 Å². The fourth-order valence-electron chi connectivity index (χ4n) is 3.57. The largest absolute Gasteiger partial charge is 0.309 e. The van der Waals surface area contributed by atoms with E-state index in [1.165, 1.54) is 45.2 Å². The maximum Gasteiger partial charge on any atom is 0.0278 e. The third-order valence-electron chi connectivity index (χ3n) is 5.49. The van der Waals surface area contributed by atoms with Gasteiger partial charge in [-0.3, -0.25) is 4.90 Å². The van der Waals surface area contributed by atoms with Crippen LogP contribution in [-0.2, 0) is 0 Å². The monoisotopic (exact) mass is 266 g/mol. The molecule has 1 N–H and O–H groups in total. The molecule has 0 aromatic heterocycles. The van der Waals surface area contributed by atoms with Gasteiger partial charge >= 0.3 is 0 Å². The molecule has 112 valence electrons. The molecule has 3 unspecified atom stereocenters. The minimum atomic E-state index is 0.322. The Morgan fingerprint density at radius 2 is 1.95 bits per heavy atom. The van der Waals surface area contributed by atoms with Crippen molar-refractivity contribution in [1.29, 1.82) is 0 Å². The summed E-state index contributed by atoms with van der Waals surface area (Å²) in [5.74, 6) is 1.79. The van der Waals surface area contributed by atoms with E-state index in [0.717, 1.165) is 23.9 Å². The average Bonchev–Trinajstić information content (AvgIpc) is 3.19. The van der Waals surface area contributed by atoms with Crippen molar-refractivity contribution < 1.29 is 0 Å².